The van der Waals surface area contributed by atoms with E-state index in [9.17, 15) is 15.2 Å². The van der Waals surface area contributed by atoms with Gasteiger partial charge in [0.25, 0.3) is 0 Å². The van der Waals surface area contributed by atoms with E-state index in [-0.39, 0.29) is 16.9 Å². The second kappa shape index (κ2) is 4.55. The summed E-state index contributed by atoms with van der Waals surface area (Å²) in [7, 11) is 0. The van der Waals surface area contributed by atoms with E-state index in [0.29, 0.717) is 18.8 Å². The van der Waals surface area contributed by atoms with Gasteiger partial charge in [-0.3, -0.25) is 10.1 Å². The van der Waals surface area contributed by atoms with Crippen LogP contribution in [0.15, 0.2) is 18.2 Å². The first-order valence-corrected chi connectivity index (χ1v) is 5.59. The van der Waals surface area contributed by atoms with Crippen LogP contribution in [0, 0.1) is 15.5 Å². The predicted molar refractivity (Wildman–Crippen MR) is 63.2 cm³/mol. The fourth-order valence-corrected chi connectivity index (χ4v) is 1.73. The standard InChI is InChI=1S/C12H15NO5/c1-12(2)6-17-11(18-7-12)8-3-4-9(13(15)16)10(14)5-8/h3-5,11,14H,6-7H2,1-2H3. The Morgan fingerprint density at radius 1 is 1.39 bits per heavy atom. The Morgan fingerprint density at radius 2 is 2.00 bits per heavy atom. The number of nitro groups is 1. The van der Waals surface area contributed by atoms with Gasteiger partial charge in [-0.05, 0) is 12.1 Å². The number of nitro benzene ring substituents is 1. The molecule has 1 aliphatic heterocycles. The molecule has 6 heteroatoms. The molecule has 0 atom stereocenters. The van der Waals surface area contributed by atoms with Crippen molar-refractivity contribution in [3.63, 3.8) is 0 Å². The SMILES string of the molecule is CC1(C)COC(c2ccc([N+](=O)[O-])c(O)c2)OC1. The summed E-state index contributed by atoms with van der Waals surface area (Å²) in [5.74, 6) is -0.380. The van der Waals surface area contributed by atoms with E-state index >= 15 is 0 Å². The molecule has 0 aromatic heterocycles. The Morgan fingerprint density at radius 3 is 2.50 bits per heavy atom. The molecule has 1 N–H and O–H groups in total. The molecule has 98 valence electrons. The van der Waals surface area contributed by atoms with Gasteiger partial charge in [0.15, 0.2) is 12.0 Å². The molecule has 1 heterocycles. The second-order valence-electron chi connectivity index (χ2n) is 5.12. The lowest BCUT2D eigenvalue weighted by Gasteiger charge is -2.34. The summed E-state index contributed by atoms with van der Waals surface area (Å²) in [6.07, 6.45) is -0.579. The van der Waals surface area contributed by atoms with Crippen molar-refractivity contribution in [2.24, 2.45) is 5.41 Å². The van der Waals surface area contributed by atoms with Gasteiger partial charge in [-0.1, -0.05) is 13.8 Å². The number of benzene rings is 1. The Kier molecular flexibility index (Phi) is 3.23. The molecule has 0 radical (unpaired) electrons. The van der Waals surface area contributed by atoms with Crippen LogP contribution in [-0.2, 0) is 9.47 Å². The first-order valence-electron chi connectivity index (χ1n) is 5.59. The van der Waals surface area contributed by atoms with E-state index in [2.05, 4.69) is 0 Å². The number of hydrogen-bond acceptors (Lipinski definition) is 5. The van der Waals surface area contributed by atoms with Gasteiger partial charge in [-0.15, -0.1) is 0 Å². The minimum atomic E-state index is -0.634. The number of phenols is 1. The first-order chi connectivity index (χ1) is 8.39. The monoisotopic (exact) mass is 253 g/mol. The van der Waals surface area contributed by atoms with E-state index in [1.165, 1.54) is 18.2 Å². The van der Waals surface area contributed by atoms with Gasteiger partial charge in [-0.2, -0.15) is 0 Å². The maximum absolute atomic E-state index is 10.6. The highest BCUT2D eigenvalue weighted by molar-refractivity contribution is 5.47. The van der Waals surface area contributed by atoms with E-state index in [1.54, 1.807) is 0 Å². The lowest BCUT2D eigenvalue weighted by Crippen LogP contribution is -2.33. The normalized spacial score (nSPS) is 19.7. The van der Waals surface area contributed by atoms with Gasteiger partial charge in [0.1, 0.15) is 0 Å². The smallest absolute Gasteiger partial charge is 0.310 e. The molecule has 0 saturated carbocycles. The highest BCUT2D eigenvalue weighted by Gasteiger charge is 2.30. The van der Waals surface area contributed by atoms with Gasteiger partial charge in [0.2, 0.25) is 0 Å². The lowest BCUT2D eigenvalue weighted by atomic mass is 9.95. The largest absolute Gasteiger partial charge is 0.502 e. The Bertz CT molecular complexity index is 462. The second-order valence-corrected chi connectivity index (χ2v) is 5.12. The molecule has 1 aromatic rings. The van der Waals surface area contributed by atoms with Crippen LogP contribution >= 0.6 is 0 Å². The molecule has 0 spiro atoms. The summed E-state index contributed by atoms with van der Waals surface area (Å²) in [5.41, 5.74) is 0.211. The minimum absolute atomic E-state index is 0.0423. The third-order valence-electron chi connectivity index (χ3n) is 2.72. The Labute approximate surface area is 104 Å². The van der Waals surface area contributed by atoms with Gasteiger partial charge >= 0.3 is 5.69 Å². The van der Waals surface area contributed by atoms with Crippen molar-refractivity contribution in [3.05, 3.63) is 33.9 Å². The summed E-state index contributed by atoms with van der Waals surface area (Å²) in [5, 5.41) is 20.1. The zero-order valence-electron chi connectivity index (χ0n) is 10.3. The van der Waals surface area contributed by atoms with E-state index in [1.807, 2.05) is 13.8 Å². The molecule has 1 aliphatic rings. The molecule has 0 amide bonds. The van der Waals surface area contributed by atoms with Gasteiger partial charge in [0.05, 0.1) is 18.1 Å². The highest BCUT2D eigenvalue weighted by atomic mass is 16.7. The average Bonchev–Trinajstić information content (AvgIpc) is 2.28. The van der Waals surface area contributed by atoms with Crippen molar-refractivity contribution in [1.29, 1.82) is 0 Å². The first kappa shape index (κ1) is 12.8. The predicted octanol–water partition coefficient (Wildman–Crippen LogP) is 2.37. The van der Waals surface area contributed by atoms with Crippen LogP contribution in [0.2, 0.25) is 0 Å². The van der Waals surface area contributed by atoms with Crippen LogP contribution in [0.5, 0.6) is 5.75 Å². The highest BCUT2D eigenvalue weighted by Crippen LogP contribution is 2.34. The third-order valence-corrected chi connectivity index (χ3v) is 2.72. The molecule has 1 fully saturated rings. The quantitative estimate of drug-likeness (QED) is 0.646. The van der Waals surface area contributed by atoms with Crippen molar-refractivity contribution in [2.45, 2.75) is 20.1 Å². The molecule has 0 unspecified atom stereocenters. The summed E-state index contributed by atoms with van der Waals surface area (Å²) in [4.78, 5) is 9.94. The number of phenolic OH excluding ortho intramolecular Hbond substituents is 1. The van der Waals surface area contributed by atoms with Crippen molar-refractivity contribution in [3.8, 4) is 5.75 Å². The van der Waals surface area contributed by atoms with Crippen molar-refractivity contribution < 1.29 is 19.5 Å². The van der Waals surface area contributed by atoms with Crippen LogP contribution in [0.25, 0.3) is 0 Å². The average molecular weight is 253 g/mol. The molecule has 6 nitrogen and oxygen atoms in total. The zero-order valence-corrected chi connectivity index (χ0v) is 10.3. The molecule has 1 saturated heterocycles. The van der Waals surface area contributed by atoms with Gasteiger partial charge < -0.3 is 14.6 Å². The molecule has 1 aromatic carbocycles. The summed E-state index contributed by atoms with van der Waals surface area (Å²) >= 11 is 0. The molecular formula is C12H15NO5. The Balaban J connectivity index is 2.16. The fourth-order valence-electron chi connectivity index (χ4n) is 1.73. The van der Waals surface area contributed by atoms with Crippen LogP contribution in [0.4, 0.5) is 5.69 Å². The van der Waals surface area contributed by atoms with Crippen LogP contribution in [0.1, 0.15) is 25.7 Å². The maximum atomic E-state index is 10.6. The Hall–Kier alpha value is -1.66. The van der Waals surface area contributed by atoms with Crippen molar-refractivity contribution in [2.75, 3.05) is 13.2 Å². The molecule has 2 rings (SSSR count). The number of aromatic hydroxyl groups is 1. The third kappa shape index (κ3) is 2.60. The number of hydrogen-bond donors (Lipinski definition) is 1. The number of rotatable bonds is 2. The van der Waals surface area contributed by atoms with Crippen molar-refractivity contribution >= 4 is 5.69 Å². The van der Waals surface area contributed by atoms with E-state index in [4.69, 9.17) is 9.47 Å². The van der Waals surface area contributed by atoms with E-state index < -0.39 is 11.2 Å². The summed E-state index contributed by atoms with van der Waals surface area (Å²) in [6.45, 7) is 5.12. The number of ether oxygens (including phenoxy) is 2. The lowest BCUT2D eigenvalue weighted by molar-refractivity contribution is -0.385. The zero-order chi connectivity index (χ0) is 13.3. The van der Waals surface area contributed by atoms with Crippen LogP contribution in [0.3, 0.4) is 0 Å². The minimum Gasteiger partial charge on any atom is -0.502 e. The van der Waals surface area contributed by atoms with E-state index in [0.717, 1.165) is 0 Å². The summed E-state index contributed by atoms with van der Waals surface area (Å²) < 4.78 is 11.1. The van der Waals surface area contributed by atoms with Gasteiger partial charge in [0, 0.05) is 17.0 Å². The van der Waals surface area contributed by atoms with Gasteiger partial charge in [-0.25, -0.2) is 0 Å². The topological polar surface area (TPSA) is 81.8 Å². The molecule has 0 bridgehead atoms. The molecule has 18 heavy (non-hydrogen) atoms. The van der Waals surface area contributed by atoms with Crippen LogP contribution in [-0.4, -0.2) is 23.2 Å². The fraction of sp³-hybridized carbons (Fsp3) is 0.500. The number of nitrogens with zero attached hydrogens (tertiary/aromatic N) is 1. The van der Waals surface area contributed by atoms with Crippen molar-refractivity contribution in [1.82, 2.24) is 0 Å². The molecular weight excluding hydrogens is 238 g/mol. The summed E-state index contributed by atoms with van der Waals surface area (Å²) in [6, 6.07) is 4.08. The maximum Gasteiger partial charge on any atom is 0.310 e. The molecule has 0 aliphatic carbocycles. The van der Waals surface area contributed by atoms with Crippen LogP contribution < -0.4 is 0 Å².